The third-order valence-electron chi connectivity index (χ3n) is 2.47. The van der Waals surface area contributed by atoms with Gasteiger partial charge in [-0.1, -0.05) is 30.0 Å². The Morgan fingerprint density at radius 2 is 2.11 bits per heavy atom. The Bertz CT molecular complexity index is 572. The molecule has 19 heavy (non-hydrogen) atoms. The summed E-state index contributed by atoms with van der Waals surface area (Å²) in [6.45, 7) is 1.97. The van der Waals surface area contributed by atoms with Gasteiger partial charge in [0.25, 0.3) is 0 Å². The molecule has 0 unspecified atom stereocenters. The zero-order chi connectivity index (χ0) is 13.7. The van der Waals surface area contributed by atoms with Crippen molar-refractivity contribution < 1.29 is 4.79 Å². The van der Waals surface area contributed by atoms with Crippen LogP contribution in [0.2, 0.25) is 0 Å². The van der Waals surface area contributed by atoms with Crippen LogP contribution in [0, 0.1) is 6.92 Å². The van der Waals surface area contributed by atoms with Crippen LogP contribution in [0.25, 0.3) is 0 Å². The fraction of sp³-hybridized carbons (Fsp3) is 0.143. The molecule has 1 N–H and O–H groups in total. The van der Waals surface area contributed by atoms with Crippen LogP contribution in [-0.2, 0) is 4.79 Å². The number of carbonyl (C=O) groups excluding carboxylic acids is 1. The molecule has 1 amide bonds. The summed E-state index contributed by atoms with van der Waals surface area (Å²) in [4.78, 5) is 16.0. The molecule has 0 saturated heterocycles. The van der Waals surface area contributed by atoms with Crippen LogP contribution < -0.4 is 5.32 Å². The van der Waals surface area contributed by atoms with E-state index in [4.69, 9.17) is 0 Å². The van der Waals surface area contributed by atoms with Crippen molar-refractivity contribution in [1.29, 1.82) is 0 Å². The molecule has 1 aromatic heterocycles. The molecule has 1 heterocycles. The number of aryl methyl sites for hydroxylation is 1. The second-order valence-electron chi connectivity index (χ2n) is 3.97. The highest BCUT2D eigenvalue weighted by atomic mass is 79.9. The van der Waals surface area contributed by atoms with Crippen LogP contribution in [-0.4, -0.2) is 16.6 Å². The number of aromatic nitrogens is 1. The molecule has 0 saturated carbocycles. The first-order valence-electron chi connectivity index (χ1n) is 5.75. The summed E-state index contributed by atoms with van der Waals surface area (Å²) >= 11 is 4.74. The van der Waals surface area contributed by atoms with E-state index in [1.165, 1.54) is 11.8 Å². The standard InChI is InChI=1S/C14H13BrN2OS/c1-10-4-2-3-5-12(10)17-13(18)9-19-14-7-6-11(15)8-16-14/h2-8H,9H2,1H3,(H,17,18). The Balaban J connectivity index is 1.88. The molecule has 0 aliphatic carbocycles. The molecule has 0 bridgehead atoms. The lowest BCUT2D eigenvalue weighted by molar-refractivity contribution is -0.113. The number of carbonyl (C=O) groups is 1. The van der Waals surface area contributed by atoms with Gasteiger partial charge in [-0.05, 0) is 46.6 Å². The predicted molar refractivity (Wildman–Crippen MR) is 82.5 cm³/mol. The number of benzene rings is 1. The fourth-order valence-corrected chi connectivity index (χ4v) is 2.36. The number of pyridine rings is 1. The minimum absolute atomic E-state index is 0.0241. The van der Waals surface area contributed by atoms with E-state index in [9.17, 15) is 4.79 Å². The number of anilines is 1. The molecule has 0 aliphatic heterocycles. The quantitative estimate of drug-likeness (QED) is 0.861. The molecule has 2 aromatic rings. The fourth-order valence-electron chi connectivity index (χ4n) is 1.49. The van der Waals surface area contributed by atoms with E-state index in [2.05, 4.69) is 26.2 Å². The molecule has 98 valence electrons. The highest BCUT2D eigenvalue weighted by Gasteiger charge is 2.05. The van der Waals surface area contributed by atoms with Gasteiger partial charge in [0.1, 0.15) is 0 Å². The Hall–Kier alpha value is -1.33. The maximum absolute atomic E-state index is 11.8. The smallest absolute Gasteiger partial charge is 0.234 e. The second kappa shape index (κ2) is 6.73. The largest absolute Gasteiger partial charge is 0.325 e. The normalized spacial score (nSPS) is 10.2. The Kier molecular flexibility index (Phi) is 4.99. The van der Waals surface area contributed by atoms with Crippen molar-refractivity contribution in [2.75, 3.05) is 11.1 Å². The van der Waals surface area contributed by atoms with E-state index >= 15 is 0 Å². The van der Waals surface area contributed by atoms with Crippen molar-refractivity contribution in [3.63, 3.8) is 0 Å². The SMILES string of the molecule is Cc1ccccc1NC(=O)CSc1ccc(Br)cn1. The van der Waals surface area contributed by atoms with Gasteiger partial charge in [-0.15, -0.1) is 0 Å². The summed E-state index contributed by atoms with van der Waals surface area (Å²) in [5.41, 5.74) is 1.92. The molecule has 0 aliphatic rings. The van der Waals surface area contributed by atoms with Gasteiger partial charge in [0, 0.05) is 16.4 Å². The Labute approximate surface area is 125 Å². The van der Waals surface area contributed by atoms with Gasteiger partial charge in [0.2, 0.25) is 5.91 Å². The van der Waals surface area contributed by atoms with Gasteiger partial charge in [0.05, 0.1) is 10.8 Å². The molecule has 1 aromatic carbocycles. The lowest BCUT2D eigenvalue weighted by Crippen LogP contribution is -2.14. The molecule has 0 atom stereocenters. The van der Waals surface area contributed by atoms with Crippen LogP contribution in [0.4, 0.5) is 5.69 Å². The van der Waals surface area contributed by atoms with Gasteiger partial charge >= 0.3 is 0 Å². The van der Waals surface area contributed by atoms with Gasteiger partial charge in [-0.25, -0.2) is 4.98 Å². The van der Waals surface area contributed by atoms with Crippen LogP contribution in [0.15, 0.2) is 52.1 Å². The number of halogens is 1. The number of hydrogen-bond donors (Lipinski definition) is 1. The van der Waals surface area contributed by atoms with Crippen LogP contribution in [0.1, 0.15) is 5.56 Å². The van der Waals surface area contributed by atoms with E-state index in [1.807, 2.05) is 43.3 Å². The highest BCUT2D eigenvalue weighted by Crippen LogP contribution is 2.18. The van der Waals surface area contributed by atoms with Crippen LogP contribution in [0.5, 0.6) is 0 Å². The lowest BCUT2D eigenvalue weighted by Gasteiger charge is -2.07. The first kappa shape index (κ1) is 14.1. The third kappa shape index (κ3) is 4.36. The lowest BCUT2D eigenvalue weighted by atomic mass is 10.2. The van der Waals surface area contributed by atoms with Crippen LogP contribution in [0.3, 0.4) is 0 Å². The van der Waals surface area contributed by atoms with Crippen molar-refractivity contribution >= 4 is 39.3 Å². The van der Waals surface area contributed by atoms with E-state index in [0.29, 0.717) is 5.75 Å². The van der Waals surface area contributed by atoms with Gasteiger partial charge in [-0.3, -0.25) is 4.79 Å². The number of hydrogen-bond acceptors (Lipinski definition) is 3. The summed E-state index contributed by atoms with van der Waals surface area (Å²) in [6.07, 6.45) is 1.72. The topological polar surface area (TPSA) is 42.0 Å². The van der Waals surface area contributed by atoms with Crippen molar-refractivity contribution in [2.45, 2.75) is 11.9 Å². The molecule has 0 radical (unpaired) electrons. The van der Waals surface area contributed by atoms with E-state index < -0.39 is 0 Å². The van der Waals surface area contributed by atoms with Gasteiger partial charge in [-0.2, -0.15) is 0 Å². The summed E-state index contributed by atoms with van der Waals surface area (Å²) in [6, 6.07) is 11.5. The summed E-state index contributed by atoms with van der Waals surface area (Å²) < 4.78 is 0.932. The maximum Gasteiger partial charge on any atom is 0.234 e. The number of rotatable bonds is 4. The number of para-hydroxylation sites is 1. The summed E-state index contributed by atoms with van der Waals surface area (Å²) in [5, 5.41) is 3.73. The average molecular weight is 337 g/mol. The molecule has 3 nitrogen and oxygen atoms in total. The van der Waals surface area contributed by atoms with Gasteiger partial charge < -0.3 is 5.32 Å². The molecule has 0 fully saturated rings. The summed E-state index contributed by atoms with van der Waals surface area (Å²) in [5.74, 6) is 0.326. The molecule has 5 heteroatoms. The molecule has 2 rings (SSSR count). The van der Waals surface area contributed by atoms with Crippen LogP contribution >= 0.6 is 27.7 Å². The summed E-state index contributed by atoms with van der Waals surface area (Å²) in [7, 11) is 0. The van der Waals surface area contributed by atoms with E-state index in [-0.39, 0.29) is 5.91 Å². The van der Waals surface area contributed by atoms with E-state index in [1.54, 1.807) is 6.20 Å². The molecular weight excluding hydrogens is 324 g/mol. The van der Waals surface area contributed by atoms with Crippen molar-refractivity contribution in [1.82, 2.24) is 4.98 Å². The van der Waals surface area contributed by atoms with Crippen molar-refractivity contribution in [3.05, 3.63) is 52.6 Å². The Morgan fingerprint density at radius 3 is 2.79 bits per heavy atom. The maximum atomic E-state index is 11.8. The number of amides is 1. The predicted octanol–water partition coefficient (Wildman–Crippen LogP) is 3.88. The zero-order valence-corrected chi connectivity index (χ0v) is 12.8. The van der Waals surface area contributed by atoms with Crippen molar-refractivity contribution in [2.24, 2.45) is 0 Å². The van der Waals surface area contributed by atoms with Gasteiger partial charge in [0.15, 0.2) is 0 Å². The zero-order valence-electron chi connectivity index (χ0n) is 10.4. The number of nitrogens with zero attached hydrogens (tertiary/aromatic N) is 1. The minimum Gasteiger partial charge on any atom is -0.325 e. The first-order valence-corrected chi connectivity index (χ1v) is 7.53. The molecular formula is C14H13BrN2OS. The Morgan fingerprint density at radius 1 is 1.32 bits per heavy atom. The number of thioether (sulfide) groups is 1. The monoisotopic (exact) mass is 336 g/mol. The van der Waals surface area contributed by atoms with E-state index in [0.717, 1.165) is 20.7 Å². The molecule has 0 spiro atoms. The second-order valence-corrected chi connectivity index (χ2v) is 5.88. The van der Waals surface area contributed by atoms with Crippen molar-refractivity contribution in [3.8, 4) is 0 Å². The number of nitrogens with one attached hydrogen (secondary N) is 1. The average Bonchev–Trinajstić information content (AvgIpc) is 2.41. The first-order chi connectivity index (χ1) is 9.15. The third-order valence-corrected chi connectivity index (χ3v) is 3.88. The highest BCUT2D eigenvalue weighted by molar-refractivity contribution is 9.10. The minimum atomic E-state index is -0.0241.